The monoisotopic (exact) mass is 431 g/mol. The highest BCUT2D eigenvalue weighted by molar-refractivity contribution is 6.04. The second kappa shape index (κ2) is 8.55. The van der Waals surface area contributed by atoms with E-state index >= 15 is 0 Å². The molecule has 1 aromatic heterocycles. The summed E-state index contributed by atoms with van der Waals surface area (Å²) in [5, 5.41) is 2.73. The van der Waals surface area contributed by atoms with E-state index in [0.29, 0.717) is 33.9 Å². The highest BCUT2D eigenvalue weighted by atomic mass is 19.1. The molecule has 0 radical (unpaired) electrons. The van der Waals surface area contributed by atoms with Gasteiger partial charge in [-0.2, -0.15) is 0 Å². The van der Waals surface area contributed by atoms with Gasteiger partial charge in [0.15, 0.2) is 0 Å². The number of hydrogen-bond acceptors (Lipinski definition) is 3. The Morgan fingerprint density at radius 3 is 2.44 bits per heavy atom. The summed E-state index contributed by atoms with van der Waals surface area (Å²) >= 11 is 0. The summed E-state index contributed by atoms with van der Waals surface area (Å²) in [6, 6.07) is 16.5. The second-order valence-electron chi connectivity index (χ2n) is 7.42. The number of nitrogens with one attached hydrogen (secondary N) is 2. The molecule has 0 aliphatic heterocycles. The number of aryl methyl sites for hydroxylation is 2. The molecular formula is C25H19F2N3O2. The molecule has 160 valence electrons. The third-order valence-corrected chi connectivity index (χ3v) is 4.97. The summed E-state index contributed by atoms with van der Waals surface area (Å²) in [5.41, 5.74) is 2.98. The average molecular weight is 431 g/mol. The van der Waals surface area contributed by atoms with Crippen LogP contribution in [0.4, 0.5) is 14.5 Å². The first-order valence-electron chi connectivity index (χ1n) is 9.86. The zero-order valence-corrected chi connectivity index (χ0v) is 17.4. The van der Waals surface area contributed by atoms with Crippen LogP contribution in [0.1, 0.15) is 21.6 Å². The molecular weight excluding hydrogens is 412 g/mol. The van der Waals surface area contributed by atoms with Gasteiger partial charge in [-0.15, -0.1) is 0 Å². The number of amides is 1. The minimum Gasteiger partial charge on any atom is -0.322 e. The molecule has 0 unspecified atom stereocenters. The number of anilines is 1. The maximum absolute atomic E-state index is 14.8. The number of carbonyl (C=O) groups is 1. The Morgan fingerprint density at radius 1 is 0.938 bits per heavy atom. The molecule has 0 spiro atoms. The Bertz CT molecular complexity index is 1400. The van der Waals surface area contributed by atoms with Gasteiger partial charge in [0.2, 0.25) is 0 Å². The Morgan fingerprint density at radius 2 is 1.72 bits per heavy atom. The summed E-state index contributed by atoms with van der Waals surface area (Å²) in [5.74, 6) is -1.08. The van der Waals surface area contributed by atoms with Gasteiger partial charge in [0, 0.05) is 34.1 Å². The van der Waals surface area contributed by atoms with Crippen LogP contribution >= 0.6 is 0 Å². The van der Waals surface area contributed by atoms with Gasteiger partial charge in [0.05, 0.1) is 0 Å². The van der Waals surface area contributed by atoms with Crippen LogP contribution in [-0.2, 0) is 0 Å². The maximum atomic E-state index is 14.8. The maximum Gasteiger partial charge on any atom is 0.255 e. The number of halogens is 2. The molecule has 32 heavy (non-hydrogen) atoms. The fourth-order valence-corrected chi connectivity index (χ4v) is 3.47. The number of aromatic nitrogens is 2. The van der Waals surface area contributed by atoms with Crippen molar-refractivity contribution in [1.29, 1.82) is 0 Å². The van der Waals surface area contributed by atoms with Crippen molar-refractivity contribution in [3.8, 4) is 22.5 Å². The van der Waals surface area contributed by atoms with E-state index in [1.54, 1.807) is 38.1 Å². The standard InChI is InChI=1S/C25H19F2N3O2/c1-14-10-18(26)7-9-20(14)21-8-6-17(13-22(21)27)25(32)29-19-5-3-4-16(12-19)24-28-15(2)11-23(31)30-24/h3-13H,1-2H3,(H,29,32)(H,28,30,31). The summed E-state index contributed by atoms with van der Waals surface area (Å²) < 4.78 is 28.1. The first-order valence-corrected chi connectivity index (χ1v) is 9.86. The Balaban J connectivity index is 1.58. The van der Waals surface area contributed by atoms with Crippen LogP contribution in [0, 0.1) is 25.5 Å². The lowest BCUT2D eigenvalue weighted by atomic mass is 9.98. The van der Waals surface area contributed by atoms with Crippen molar-refractivity contribution < 1.29 is 13.6 Å². The van der Waals surface area contributed by atoms with Gasteiger partial charge in [0.1, 0.15) is 17.5 Å². The summed E-state index contributed by atoms with van der Waals surface area (Å²) in [6.07, 6.45) is 0. The predicted octanol–water partition coefficient (Wildman–Crippen LogP) is 5.25. The van der Waals surface area contributed by atoms with E-state index in [0.717, 1.165) is 6.07 Å². The zero-order chi connectivity index (χ0) is 22.8. The van der Waals surface area contributed by atoms with E-state index in [-0.39, 0.29) is 16.7 Å². The second-order valence-corrected chi connectivity index (χ2v) is 7.42. The number of hydrogen-bond donors (Lipinski definition) is 2. The van der Waals surface area contributed by atoms with E-state index in [2.05, 4.69) is 15.3 Å². The first kappa shape index (κ1) is 21.1. The van der Waals surface area contributed by atoms with Crippen molar-refractivity contribution >= 4 is 11.6 Å². The van der Waals surface area contributed by atoms with Crippen molar-refractivity contribution in [1.82, 2.24) is 9.97 Å². The molecule has 4 rings (SSSR count). The van der Waals surface area contributed by atoms with Gasteiger partial charge < -0.3 is 10.3 Å². The molecule has 5 nitrogen and oxygen atoms in total. The van der Waals surface area contributed by atoms with Gasteiger partial charge in [-0.25, -0.2) is 13.8 Å². The molecule has 2 N–H and O–H groups in total. The van der Waals surface area contributed by atoms with Crippen LogP contribution in [0.15, 0.2) is 71.5 Å². The van der Waals surface area contributed by atoms with Crippen molar-refractivity contribution in [3.63, 3.8) is 0 Å². The molecule has 0 aliphatic carbocycles. The average Bonchev–Trinajstić information content (AvgIpc) is 2.74. The number of nitrogens with zero attached hydrogens (tertiary/aromatic N) is 1. The van der Waals surface area contributed by atoms with Gasteiger partial charge in [0.25, 0.3) is 11.5 Å². The largest absolute Gasteiger partial charge is 0.322 e. The van der Waals surface area contributed by atoms with Crippen LogP contribution in [0.25, 0.3) is 22.5 Å². The molecule has 1 amide bonds. The number of H-pyrrole nitrogens is 1. The van der Waals surface area contributed by atoms with E-state index in [1.807, 2.05) is 0 Å². The lowest BCUT2D eigenvalue weighted by molar-refractivity contribution is 0.102. The lowest BCUT2D eigenvalue weighted by Gasteiger charge is -2.11. The van der Waals surface area contributed by atoms with Crippen LogP contribution in [0.2, 0.25) is 0 Å². The van der Waals surface area contributed by atoms with Crippen LogP contribution in [0.3, 0.4) is 0 Å². The fourth-order valence-electron chi connectivity index (χ4n) is 3.47. The van der Waals surface area contributed by atoms with Gasteiger partial charge in [-0.3, -0.25) is 9.59 Å². The molecule has 3 aromatic carbocycles. The van der Waals surface area contributed by atoms with E-state index in [9.17, 15) is 18.4 Å². The summed E-state index contributed by atoms with van der Waals surface area (Å²) in [4.78, 5) is 31.4. The third kappa shape index (κ3) is 4.46. The molecule has 0 atom stereocenters. The molecule has 0 saturated heterocycles. The van der Waals surface area contributed by atoms with Crippen LogP contribution in [-0.4, -0.2) is 15.9 Å². The van der Waals surface area contributed by atoms with Crippen LogP contribution in [0.5, 0.6) is 0 Å². The molecule has 0 aliphatic rings. The van der Waals surface area contributed by atoms with E-state index < -0.39 is 17.5 Å². The van der Waals surface area contributed by atoms with Crippen molar-refractivity contribution in [2.24, 2.45) is 0 Å². The Kier molecular flexibility index (Phi) is 5.64. The minimum atomic E-state index is -0.581. The lowest BCUT2D eigenvalue weighted by Crippen LogP contribution is -2.13. The predicted molar refractivity (Wildman–Crippen MR) is 120 cm³/mol. The number of benzene rings is 3. The number of aromatic amines is 1. The van der Waals surface area contributed by atoms with E-state index in [1.165, 1.54) is 36.4 Å². The minimum absolute atomic E-state index is 0.138. The van der Waals surface area contributed by atoms with Crippen molar-refractivity contribution in [3.05, 3.63) is 106 Å². The summed E-state index contributed by atoms with van der Waals surface area (Å²) in [6.45, 7) is 3.41. The van der Waals surface area contributed by atoms with E-state index in [4.69, 9.17) is 0 Å². The first-order chi connectivity index (χ1) is 15.3. The quantitative estimate of drug-likeness (QED) is 0.463. The highest BCUT2D eigenvalue weighted by Crippen LogP contribution is 2.28. The van der Waals surface area contributed by atoms with Crippen molar-refractivity contribution in [2.45, 2.75) is 13.8 Å². The smallest absolute Gasteiger partial charge is 0.255 e. The molecule has 0 fully saturated rings. The summed E-state index contributed by atoms with van der Waals surface area (Å²) in [7, 11) is 0. The van der Waals surface area contributed by atoms with Gasteiger partial charge in [-0.1, -0.05) is 24.3 Å². The number of rotatable bonds is 4. The molecule has 1 heterocycles. The van der Waals surface area contributed by atoms with Crippen LogP contribution < -0.4 is 10.9 Å². The topological polar surface area (TPSA) is 74.8 Å². The Labute approximate surface area is 182 Å². The normalized spacial score (nSPS) is 10.8. The van der Waals surface area contributed by atoms with Gasteiger partial charge in [-0.05, 0) is 61.4 Å². The highest BCUT2D eigenvalue weighted by Gasteiger charge is 2.14. The number of carbonyl (C=O) groups excluding carboxylic acids is 1. The fraction of sp³-hybridized carbons (Fsp3) is 0.0800. The molecule has 0 saturated carbocycles. The SMILES string of the molecule is Cc1cc(=O)[nH]c(-c2cccc(NC(=O)c3ccc(-c4ccc(F)cc4C)c(F)c3)c2)n1. The molecule has 7 heteroatoms. The molecule has 4 aromatic rings. The molecule has 0 bridgehead atoms. The van der Waals surface area contributed by atoms with Crippen molar-refractivity contribution in [2.75, 3.05) is 5.32 Å². The Hall–Kier alpha value is -4.13. The third-order valence-electron chi connectivity index (χ3n) is 4.97. The zero-order valence-electron chi connectivity index (χ0n) is 17.4. The van der Waals surface area contributed by atoms with Gasteiger partial charge >= 0.3 is 0 Å².